The first-order valence-corrected chi connectivity index (χ1v) is 7.74. The standard InChI is InChI=1S/C14H26F2N4O4/c1-10(21)18-6-4-12(16)9-19-13(22)2-3-14(23)20(24)7-5-11(15)8-17/h11-12,24H,2-9,17H2,1H3,(H,18,21)(H,19,22). The summed E-state index contributed by atoms with van der Waals surface area (Å²) >= 11 is 0. The lowest BCUT2D eigenvalue weighted by molar-refractivity contribution is -0.166. The summed E-state index contributed by atoms with van der Waals surface area (Å²) in [5, 5.41) is 14.5. The first kappa shape index (κ1) is 22.2. The number of hydroxylamine groups is 2. The van der Waals surface area contributed by atoms with E-state index in [9.17, 15) is 28.4 Å². The van der Waals surface area contributed by atoms with Gasteiger partial charge >= 0.3 is 0 Å². The van der Waals surface area contributed by atoms with Gasteiger partial charge in [0.05, 0.1) is 6.54 Å². The predicted octanol–water partition coefficient (Wildman–Crippen LogP) is -0.348. The maximum absolute atomic E-state index is 13.4. The highest BCUT2D eigenvalue weighted by Crippen LogP contribution is 2.01. The molecule has 5 N–H and O–H groups in total. The van der Waals surface area contributed by atoms with Crippen molar-refractivity contribution in [2.45, 2.75) is 45.0 Å². The highest BCUT2D eigenvalue weighted by atomic mass is 19.1. The van der Waals surface area contributed by atoms with Crippen LogP contribution in [-0.4, -0.2) is 66.5 Å². The maximum atomic E-state index is 13.4. The first-order chi connectivity index (χ1) is 11.3. The predicted molar refractivity (Wildman–Crippen MR) is 82.5 cm³/mol. The van der Waals surface area contributed by atoms with Gasteiger partial charge in [-0.15, -0.1) is 0 Å². The average molecular weight is 352 g/mol. The number of amides is 3. The molecule has 2 unspecified atom stereocenters. The molecule has 0 fully saturated rings. The molecule has 0 radical (unpaired) electrons. The van der Waals surface area contributed by atoms with Gasteiger partial charge in [-0.25, -0.2) is 13.8 Å². The molecule has 8 nitrogen and oxygen atoms in total. The third-order valence-electron chi connectivity index (χ3n) is 3.12. The van der Waals surface area contributed by atoms with Gasteiger partial charge in [-0.05, 0) is 12.8 Å². The van der Waals surface area contributed by atoms with Crippen LogP contribution < -0.4 is 16.4 Å². The zero-order chi connectivity index (χ0) is 18.5. The summed E-state index contributed by atoms with van der Waals surface area (Å²) in [5.74, 6) is -1.52. The Morgan fingerprint density at radius 2 is 1.79 bits per heavy atom. The lowest BCUT2D eigenvalue weighted by Crippen LogP contribution is -2.34. The third-order valence-corrected chi connectivity index (χ3v) is 3.12. The van der Waals surface area contributed by atoms with Crippen molar-refractivity contribution < 1.29 is 28.4 Å². The maximum Gasteiger partial charge on any atom is 0.246 e. The molecule has 0 rings (SSSR count). The Hall–Kier alpha value is -1.81. The molecule has 0 bridgehead atoms. The molecule has 0 aromatic heterocycles. The Morgan fingerprint density at radius 1 is 1.12 bits per heavy atom. The molecule has 0 saturated heterocycles. The molecule has 0 aliphatic rings. The van der Waals surface area contributed by atoms with Gasteiger partial charge in [-0.3, -0.25) is 19.6 Å². The monoisotopic (exact) mass is 352 g/mol. The van der Waals surface area contributed by atoms with Gasteiger partial charge in [0.2, 0.25) is 17.7 Å². The van der Waals surface area contributed by atoms with Gasteiger partial charge in [0.25, 0.3) is 0 Å². The van der Waals surface area contributed by atoms with Crippen LogP contribution in [0.15, 0.2) is 0 Å². The van der Waals surface area contributed by atoms with Gasteiger partial charge in [0.1, 0.15) is 12.3 Å². The number of carbonyl (C=O) groups excluding carboxylic acids is 3. The van der Waals surface area contributed by atoms with Crippen LogP contribution in [0.2, 0.25) is 0 Å². The Balaban J connectivity index is 3.83. The quantitative estimate of drug-likeness (QED) is 0.282. The Morgan fingerprint density at radius 3 is 2.38 bits per heavy atom. The SMILES string of the molecule is CC(=O)NCCC(F)CNC(=O)CCC(=O)N(O)CCC(F)CN. The van der Waals surface area contributed by atoms with Gasteiger partial charge in [-0.2, -0.15) is 0 Å². The topological polar surface area (TPSA) is 125 Å². The molecule has 3 amide bonds. The molecule has 0 aromatic carbocycles. The molecule has 0 spiro atoms. The Bertz CT molecular complexity index is 412. The van der Waals surface area contributed by atoms with E-state index >= 15 is 0 Å². The second-order valence-electron chi connectivity index (χ2n) is 5.31. The molecule has 24 heavy (non-hydrogen) atoms. The Kier molecular flexibility index (Phi) is 11.6. The van der Waals surface area contributed by atoms with Crippen molar-refractivity contribution in [3.8, 4) is 0 Å². The number of hydrogen-bond acceptors (Lipinski definition) is 5. The van der Waals surface area contributed by atoms with Gasteiger partial charge < -0.3 is 16.4 Å². The summed E-state index contributed by atoms with van der Waals surface area (Å²) < 4.78 is 26.3. The van der Waals surface area contributed by atoms with Crippen molar-refractivity contribution in [3.05, 3.63) is 0 Å². The summed E-state index contributed by atoms with van der Waals surface area (Å²) in [6.07, 6.45) is -3.15. The number of hydrogen-bond donors (Lipinski definition) is 4. The van der Waals surface area contributed by atoms with Crippen molar-refractivity contribution in [1.29, 1.82) is 0 Å². The van der Waals surface area contributed by atoms with Gasteiger partial charge in [0.15, 0.2) is 0 Å². The summed E-state index contributed by atoms with van der Waals surface area (Å²) in [4.78, 5) is 33.6. The second kappa shape index (κ2) is 12.6. The number of carbonyl (C=O) groups is 3. The molecule has 2 atom stereocenters. The highest BCUT2D eigenvalue weighted by molar-refractivity contribution is 5.83. The summed E-state index contributed by atoms with van der Waals surface area (Å²) in [6, 6.07) is 0. The number of alkyl halides is 2. The summed E-state index contributed by atoms with van der Waals surface area (Å²) in [7, 11) is 0. The average Bonchev–Trinajstić information content (AvgIpc) is 2.54. The van der Waals surface area contributed by atoms with E-state index in [1.165, 1.54) is 6.92 Å². The van der Waals surface area contributed by atoms with Crippen LogP contribution in [0.5, 0.6) is 0 Å². The van der Waals surface area contributed by atoms with E-state index in [0.29, 0.717) is 5.06 Å². The van der Waals surface area contributed by atoms with E-state index in [1.54, 1.807) is 0 Å². The van der Waals surface area contributed by atoms with E-state index < -0.39 is 24.2 Å². The van der Waals surface area contributed by atoms with Crippen LogP contribution in [-0.2, 0) is 14.4 Å². The normalized spacial score (nSPS) is 13.0. The number of nitrogens with two attached hydrogens (primary N) is 1. The number of nitrogens with one attached hydrogen (secondary N) is 2. The smallest absolute Gasteiger partial charge is 0.246 e. The van der Waals surface area contributed by atoms with E-state index in [1.807, 2.05) is 0 Å². The molecule has 0 heterocycles. The Labute approximate surface area is 139 Å². The van der Waals surface area contributed by atoms with Crippen LogP contribution in [0.1, 0.15) is 32.6 Å². The van der Waals surface area contributed by atoms with Gasteiger partial charge in [0, 0.05) is 39.4 Å². The van der Waals surface area contributed by atoms with Crippen molar-refractivity contribution in [3.63, 3.8) is 0 Å². The minimum atomic E-state index is -1.32. The van der Waals surface area contributed by atoms with Crippen LogP contribution in [0.25, 0.3) is 0 Å². The molecule has 10 heteroatoms. The molecule has 0 aliphatic heterocycles. The summed E-state index contributed by atoms with van der Waals surface area (Å²) in [6.45, 7) is 0.851. The lowest BCUT2D eigenvalue weighted by Gasteiger charge is -2.16. The lowest BCUT2D eigenvalue weighted by atomic mass is 10.2. The summed E-state index contributed by atoms with van der Waals surface area (Å²) in [5.41, 5.74) is 5.07. The molecular formula is C14H26F2N4O4. The number of nitrogens with zero attached hydrogens (tertiary/aromatic N) is 1. The van der Waals surface area contributed by atoms with Crippen LogP contribution in [0, 0.1) is 0 Å². The number of halogens is 2. The first-order valence-electron chi connectivity index (χ1n) is 7.74. The van der Waals surface area contributed by atoms with Crippen molar-refractivity contribution >= 4 is 17.7 Å². The van der Waals surface area contributed by atoms with E-state index in [0.717, 1.165) is 0 Å². The minimum absolute atomic E-state index is 0.0642. The number of rotatable bonds is 12. The van der Waals surface area contributed by atoms with E-state index in [2.05, 4.69) is 10.6 Å². The fourth-order valence-electron chi connectivity index (χ4n) is 1.67. The minimum Gasteiger partial charge on any atom is -0.356 e. The molecular weight excluding hydrogens is 326 g/mol. The molecule has 0 aromatic rings. The van der Waals surface area contributed by atoms with E-state index in [-0.39, 0.29) is 57.8 Å². The molecule has 0 saturated carbocycles. The van der Waals surface area contributed by atoms with Crippen molar-refractivity contribution in [2.75, 3.05) is 26.2 Å². The zero-order valence-corrected chi connectivity index (χ0v) is 13.8. The van der Waals surface area contributed by atoms with Crippen LogP contribution in [0.4, 0.5) is 8.78 Å². The third kappa shape index (κ3) is 11.7. The van der Waals surface area contributed by atoms with E-state index in [4.69, 9.17) is 5.73 Å². The largest absolute Gasteiger partial charge is 0.356 e. The fourth-order valence-corrected chi connectivity index (χ4v) is 1.67. The second-order valence-corrected chi connectivity index (χ2v) is 5.31. The zero-order valence-electron chi connectivity index (χ0n) is 13.8. The highest BCUT2D eigenvalue weighted by Gasteiger charge is 2.15. The van der Waals surface area contributed by atoms with Crippen LogP contribution >= 0.6 is 0 Å². The van der Waals surface area contributed by atoms with Gasteiger partial charge in [-0.1, -0.05) is 0 Å². The van der Waals surface area contributed by atoms with Crippen molar-refractivity contribution in [1.82, 2.24) is 15.7 Å². The molecule has 0 aliphatic carbocycles. The van der Waals surface area contributed by atoms with Crippen molar-refractivity contribution in [2.24, 2.45) is 5.73 Å². The van der Waals surface area contributed by atoms with Crippen LogP contribution in [0.3, 0.4) is 0 Å². The fraction of sp³-hybridized carbons (Fsp3) is 0.786. The molecule has 140 valence electrons.